The molecule has 17 heavy (non-hydrogen) atoms. The van der Waals surface area contributed by atoms with Gasteiger partial charge in [0.05, 0.1) is 6.42 Å². The SMILES string of the molecule is CCCC[C@]1(c2ccccc2)OC(=O)C[C@@H]1F. The van der Waals surface area contributed by atoms with Crippen molar-refractivity contribution < 1.29 is 13.9 Å². The maximum Gasteiger partial charge on any atom is 0.309 e. The molecule has 1 aliphatic rings. The molecule has 2 rings (SSSR count). The van der Waals surface area contributed by atoms with Crippen LogP contribution in [0, 0.1) is 0 Å². The molecule has 1 fully saturated rings. The number of cyclic esters (lactones) is 1. The Bertz CT molecular complexity index is 390. The molecule has 0 aliphatic carbocycles. The summed E-state index contributed by atoms with van der Waals surface area (Å²) in [6, 6.07) is 9.24. The zero-order valence-corrected chi connectivity index (χ0v) is 9.99. The number of rotatable bonds is 4. The lowest BCUT2D eigenvalue weighted by molar-refractivity contribution is -0.151. The highest BCUT2D eigenvalue weighted by atomic mass is 19.1. The normalized spacial score (nSPS) is 28.1. The van der Waals surface area contributed by atoms with Crippen molar-refractivity contribution >= 4 is 5.97 Å². The van der Waals surface area contributed by atoms with Crippen LogP contribution in [0.2, 0.25) is 0 Å². The Morgan fingerprint density at radius 1 is 1.41 bits per heavy atom. The summed E-state index contributed by atoms with van der Waals surface area (Å²) in [5, 5.41) is 0. The van der Waals surface area contributed by atoms with Crippen LogP contribution in [-0.4, -0.2) is 12.1 Å². The maximum atomic E-state index is 14.2. The summed E-state index contributed by atoms with van der Waals surface area (Å²) in [6.45, 7) is 2.04. The Balaban J connectivity index is 2.34. The van der Waals surface area contributed by atoms with Crippen molar-refractivity contribution in [3.63, 3.8) is 0 Å². The van der Waals surface area contributed by atoms with Gasteiger partial charge < -0.3 is 4.74 Å². The second-order valence-electron chi connectivity index (χ2n) is 4.50. The molecule has 1 aromatic carbocycles. The van der Waals surface area contributed by atoms with E-state index in [0.29, 0.717) is 6.42 Å². The standard InChI is InChI=1S/C14H17FO2/c1-2-3-9-14(11-7-5-4-6-8-11)12(15)10-13(16)17-14/h4-8,12H,2-3,9-10H2,1H3/t12-,14+/m0/s1. The van der Waals surface area contributed by atoms with Gasteiger partial charge in [-0.2, -0.15) is 0 Å². The summed E-state index contributed by atoms with van der Waals surface area (Å²) in [4.78, 5) is 11.3. The van der Waals surface area contributed by atoms with E-state index >= 15 is 0 Å². The average Bonchev–Trinajstić information content (AvgIpc) is 2.64. The Morgan fingerprint density at radius 3 is 2.65 bits per heavy atom. The number of halogens is 1. The second-order valence-corrected chi connectivity index (χ2v) is 4.50. The lowest BCUT2D eigenvalue weighted by Gasteiger charge is -2.30. The molecule has 2 atom stereocenters. The molecule has 1 saturated heterocycles. The minimum absolute atomic E-state index is 0.126. The van der Waals surface area contributed by atoms with Crippen molar-refractivity contribution in [1.82, 2.24) is 0 Å². The van der Waals surface area contributed by atoms with Gasteiger partial charge >= 0.3 is 5.97 Å². The van der Waals surface area contributed by atoms with Crippen LogP contribution in [0.5, 0.6) is 0 Å². The van der Waals surface area contributed by atoms with Gasteiger partial charge in [0, 0.05) is 0 Å². The zero-order chi connectivity index (χ0) is 12.3. The van der Waals surface area contributed by atoms with Crippen LogP contribution in [0.25, 0.3) is 0 Å². The van der Waals surface area contributed by atoms with Gasteiger partial charge in [-0.3, -0.25) is 4.79 Å². The lowest BCUT2D eigenvalue weighted by atomic mass is 9.85. The number of benzene rings is 1. The number of unbranched alkanes of at least 4 members (excludes halogenated alkanes) is 1. The zero-order valence-electron chi connectivity index (χ0n) is 9.99. The van der Waals surface area contributed by atoms with E-state index in [2.05, 4.69) is 0 Å². The van der Waals surface area contributed by atoms with Gasteiger partial charge in [0.15, 0.2) is 11.8 Å². The van der Waals surface area contributed by atoms with E-state index in [9.17, 15) is 9.18 Å². The Kier molecular flexibility index (Phi) is 3.46. The molecule has 0 spiro atoms. The van der Waals surface area contributed by atoms with E-state index < -0.39 is 17.7 Å². The first-order valence-corrected chi connectivity index (χ1v) is 6.10. The summed E-state index contributed by atoms with van der Waals surface area (Å²) < 4.78 is 19.5. The smallest absolute Gasteiger partial charge is 0.309 e. The lowest BCUT2D eigenvalue weighted by Crippen LogP contribution is -2.34. The van der Waals surface area contributed by atoms with E-state index in [1.165, 1.54) is 0 Å². The molecule has 1 aromatic rings. The van der Waals surface area contributed by atoms with Gasteiger partial charge in [-0.25, -0.2) is 4.39 Å². The van der Waals surface area contributed by atoms with Gasteiger partial charge in [0.1, 0.15) is 0 Å². The van der Waals surface area contributed by atoms with Crippen molar-refractivity contribution in [2.45, 2.75) is 44.4 Å². The van der Waals surface area contributed by atoms with Crippen molar-refractivity contribution in [1.29, 1.82) is 0 Å². The summed E-state index contributed by atoms with van der Waals surface area (Å²) >= 11 is 0. The van der Waals surface area contributed by atoms with Crippen LogP contribution in [-0.2, 0) is 15.1 Å². The van der Waals surface area contributed by atoms with Gasteiger partial charge in [-0.15, -0.1) is 0 Å². The molecule has 92 valence electrons. The first kappa shape index (κ1) is 12.1. The van der Waals surface area contributed by atoms with Crippen LogP contribution >= 0.6 is 0 Å². The van der Waals surface area contributed by atoms with Crippen molar-refractivity contribution in [2.75, 3.05) is 0 Å². The Hall–Kier alpha value is -1.38. The predicted octanol–water partition coefficient (Wildman–Crippen LogP) is 3.36. The summed E-state index contributed by atoms with van der Waals surface area (Å²) in [7, 11) is 0. The average molecular weight is 236 g/mol. The fraction of sp³-hybridized carbons (Fsp3) is 0.500. The quantitative estimate of drug-likeness (QED) is 0.749. The number of esters is 1. The highest BCUT2D eigenvalue weighted by molar-refractivity contribution is 5.74. The largest absolute Gasteiger partial charge is 0.451 e. The minimum Gasteiger partial charge on any atom is -0.451 e. The highest BCUT2D eigenvalue weighted by Gasteiger charge is 2.50. The molecule has 0 saturated carbocycles. The van der Waals surface area contributed by atoms with Gasteiger partial charge in [0.25, 0.3) is 0 Å². The van der Waals surface area contributed by atoms with Crippen LogP contribution in [0.1, 0.15) is 38.2 Å². The van der Waals surface area contributed by atoms with E-state index in [4.69, 9.17) is 4.74 Å². The van der Waals surface area contributed by atoms with Crippen LogP contribution in [0.3, 0.4) is 0 Å². The van der Waals surface area contributed by atoms with Gasteiger partial charge in [0.2, 0.25) is 0 Å². The van der Waals surface area contributed by atoms with Gasteiger partial charge in [-0.05, 0) is 18.4 Å². The molecule has 0 unspecified atom stereocenters. The van der Waals surface area contributed by atoms with E-state index in [-0.39, 0.29) is 6.42 Å². The number of alkyl halides is 1. The predicted molar refractivity (Wildman–Crippen MR) is 63.3 cm³/mol. The van der Waals surface area contributed by atoms with Crippen LogP contribution in [0.15, 0.2) is 30.3 Å². The molecule has 3 heteroatoms. The van der Waals surface area contributed by atoms with Crippen molar-refractivity contribution in [2.24, 2.45) is 0 Å². The number of ether oxygens (including phenoxy) is 1. The fourth-order valence-electron chi connectivity index (χ4n) is 2.37. The van der Waals surface area contributed by atoms with Crippen LogP contribution < -0.4 is 0 Å². The monoisotopic (exact) mass is 236 g/mol. The number of carbonyl (C=O) groups is 1. The molecule has 0 bridgehead atoms. The molecule has 1 heterocycles. The van der Waals surface area contributed by atoms with Gasteiger partial charge in [-0.1, -0.05) is 43.7 Å². The second kappa shape index (κ2) is 4.86. The van der Waals surface area contributed by atoms with E-state index in [1.807, 2.05) is 37.3 Å². The topological polar surface area (TPSA) is 26.3 Å². The van der Waals surface area contributed by atoms with E-state index in [1.54, 1.807) is 0 Å². The molecule has 0 amide bonds. The third-order valence-corrected chi connectivity index (χ3v) is 3.31. The molecule has 0 radical (unpaired) electrons. The molecular weight excluding hydrogens is 219 g/mol. The molecule has 0 N–H and O–H groups in total. The number of carbonyl (C=O) groups excluding carboxylic acids is 1. The molecule has 1 aliphatic heterocycles. The minimum atomic E-state index is -1.23. The summed E-state index contributed by atoms with van der Waals surface area (Å²) in [5.41, 5.74) is -0.277. The highest BCUT2D eigenvalue weighted by Crippen LogP contribution is 2.43. The third-order valence-electron chi connectivity index (χ3n) is 3.31. The molecule has 0 aromatic heterocycles. The fourth-order valence-corrected chi connectivity index (χ4v) is 2.37. The number of hydrogen-bond acceptors (Lipinski definition) is 2. The first-order valence-electron chi connectivity index (χ1n) is 6.10. The van der Waals surface area contributed by atoms with Crippen molar-refractivity contribution in [3.05, 3.63) is 35.9 Å². The molecule has 2 nitrogen and oxygen atoms in total. The third kappa shape index (κ3) is 2.19. The molecular formula is C14H17FO2. The van der Waals surface area contributed by atoms with E-state index in [0.717, 1.165) is 18.4 Å². The van der Waals surface area contributed by atoms with Crippen molar-refractivity contribution in [3.8, 4) is 0 Å². The Morgan fingerprint density at radius 2 is 2.12 bits per heavy atom. The first-order chi connectivity index (χ1) is 8.19. The summed E-state index contributed by atoms with van der Waals surface area (Å²) in [5.74, 6) is -0.433. The Labute approximate surface area is 101 Å². The van der Waals surface area contributed by atoms with Crippen LogP contribution in [0.4, 0.5) is 4.39 Å². The number of hydrogen-bond donors (Lipinski definition) is 0. The maximum absolute atomic E-state index is 14.2. The summed E-state index contributed by atoms with van der Waals surface area (Å²) in [6.07, 6.45) is 1.00.